The van der Waals surface area contributed by atoms with Crippen molar-refractivity contribution in [3.05, 3.63) is 34.7 Å². The molecule has 0 aliphatic carbocycles. The first-order valence-electron chi connectivity index (χ1n) is 7.51. The molecular weight excluding hydrogens is 282 g/mol. The average molecular weight is 305 g/mol. The van der Waals surface area contributed by atoms with Gasteiger partial charge in [-0.1, -0.05) is 26.8 Å². The van der Waals surface area contributed by atoms with Crippen LogP contribution in [0.5, 0.6) is 0 Å². The molecular formula is C16H23N3O3. The maximum Gasteiger partial charge on any atom is 0.250 e. The Labute approximate surface area is 130 Å². The zero-order valence-corrected chi connectivity index (χ0v) is 13.4. The van der Waals surface area contributed by atoms with E-state index in [9.17, 15) is 14.4 Å². The molecule has 0 radical (unpaired) electrons. The minimum Gasteiger partial charge on any atom is -0.339 e. The van der Waals surface area contributed by atoms with Crippen LogP contribution < -0.4 is 5.56 Å². The molecule has 22 heavy (non-hydrogen) atoms. The van der Waals surface area contributed by atoms with Crippen LogP contribution in [-0.4, -0.2) is 52.4 Å². The predicted molar refractivity (Wildman–Crippen MR) is 83.3 cm³/mol. The number of hydrogen-bond acceptors (Lipinski definition) is 3. The molecule has 0 spiro atoms. The van der Waals surface area contributed by atoms with Gasteiger partial charge in [-0.25, -0.2) is 0 Å². The van der Waals surface area contributed by atoms with Crippen LogP contribution in [0.4, 0.5) is 0 Å². The topological polar surface area (TPSA) is 62.6 Å². The number of carbonyl (C=O) groups excluding carboxylic acids is 2. The van der Waals surface area contributed by atoms with Crippen LogP contribution in [0, 0.1) is 5.41 Å². The van der Waals surface area contributed by atoms with E-state index in [1.165, 1.54) is 10.6 Å². The van der Waals surface area contributed by atoms with E-state index in [0.717, 1.165) is 0 Å². The van der Waals surface area contributed by atoms with Gasteiger partial charge in [0.1, 0.15) is 6.54 Å². The van der Waals surface area contributed by atoms with Crippen molar-refractivity contribution in [1.82, 2.24) is 14.4 Å². The standard InChI is InChI=1S/C16H23N3O3/c1-16(2,3)15(22)18-10-8-17(9-11-18)14(21)12-19-7-5-4-6-13(19)20/h4-7H,8-12H2,1-3H3. The van der Waals surface area contributed by atoms with E-state index in [4.69, 9.17) is 0 Å². The third kappa shape index (κ3) is 3.75. The van der Waals surface area contributed by atoms with Crippen molar-refractivity contribution >= 4 is 11.8 Å². The summed E-state index contributed by atoms with van der Waals surface area (Å²) >= 11 is 0. The van der Waals surface area contributed by atoms with E-state index < -0.39 is 5.41 Å². The maximum atomic E-state index is 12.3. The number of aromatic nitrogens is 1. The van der Waals surface area contributed by atoms with Gasteiger partial charge in [0, 0.05) is 43.9 Å². The highest BCUT2D eigenvalue weighted by molar-refractivity contribution is 5.82. The Kier molecular flexibility index (Phi) is 4.68. The molecule has 0 bridgehead atoms. The largest absolute Gasteiger partial charge is 0.339 e. The number of hydrogen-bond donors (Lipinski definition) is 0. The zero-order valence-electron chi connectivity index (χ0n) is 13.4. The summed E-state index contributed by atoms with van der Waals surface area (Å²) in [5.74, 6) is 0.0232. The third-order valence-corrected chi connectivity index (χ3v) is 3.77. The van der Waals surface area contributed by atoms with Gasteiger partial charge in [-0.05, 0) is 6.07 Å². The molecule has 6 heteroatoms. The summed E-state index contributed by atoms with van der Waals surface area (Å²) in [4.78, 5) is 39.6. The van der Waals surface area contributed by atoms with Crippen molar-refractivity contribution in [2.45, 2.75) is 27.3 Å². The summed E-state index contributed by atoms with van der Waals surface area (Å²) in [6.07, 6.45) is 1.61. The molecule has 1 saturated heterocycles. The van der Waals surface area contributed by atoms with Gasteiger partial charge in [-0.2, -0.15) is 0 Å². The molecule has 0 N–H and O–H groups in total. The highest BCUT2D eigenvalue weighted by atomic mass is 16.2. The number of pyridine rings is 1. The van der Waals surface area contributed by atoms with Gasteiger partial charge in [0.25, 0.3) is 5.56 Å². The molecule has 1 aromatic rings. The van der Waals surface area contributed by atoms with Crippen molar-refractivity contribution in [3.63, 3.8) is 0 Å². The fourth-order valence-electron chi connectivity index (χ4n) is 2.47. The number of nitrogens with zero attached hydrogens (tertiary/aromatic N) is 3. The van der Waals surface area contributed by atoms with Crippen molar-refractivity contribution in [2.24, 2.45) is 5.41 Å². The van der Waals surface area contributed by atoms with Crippen molar-refractivity contribution < 1.29 is 9.59 Å². The van der Waals surface area contributed by atoms with Crippen LogP contribution in [0.2, 0.25) is 0 Å². The van der Waals surface area contributed by atoms with Crippen LogP contribution in [0.1, 0.15) is 20.8 Å². The first-order chi connectivity index (χ1) is 10.3. The highest BCUT2D eigenvalue weighted by Crippen LogP contribution is 2.18. The molecule has 1 fully saturated rings. The van der Waals surface area contributed by atoms with Crippen LogP contribution >= 0.6 is 0 Å². The first-order valence-corrected chi connectivity index (χ1v) is 7.51. The Morgan fingerprint density at radius 2 is 1.64 bits per heavy atom. The number of piperazine rings is 1. The van der Waals surface area contributed by atoms with E-state index >= 15 is 0 Å². The van der Waals surface area contributed by atoms with Crippen molar-refractivity contribution in [3.8, 4) is 0 Å². The van der Waals surface area contributed by atoms with Crippen LogP contribution in [0.15, 0.2) is 29.2 Å². The summed E-state index contributed by atoms with van der Waals surface area (Å²) in [5.41, 5.74) is -0.582. The maximum absolute atomic E-state index is 12.3. The molecule has 0 aromatic carbocycles. The highest BCUT2D eigenvalue weighted by Gasteiger charge is 2.30. The van der Waals surface area contributed by atoms with Gasteiger partial charge in [-0.3, -0.25) is 14.4 Å². The second kappa shape index (κ2) is 6.34. The van der Waals surface area contributed by atoms with Gasteiger partial charge < -0.3 is 14.4 Å². The summed E-state index contributed by atoms with van der Waals surface area (Å²) in [6, 6.07) is 4.82. The number of rotatable bonds is 2. The molecule has 2 heterocycles. The average Bonchev–Trinajstić information content (AvgIpc) is 2.48. The molecule has 6 nitrogen and oxygen atoms in total. The third-order valence-electron chi connectivity index (χ3n) is 3.77. The van der Waals surface area contributed by atoms with Gasteiger partial charge in [0.05, 0.1) is 0 Å². The lowest BCUT2D eigenvalue weighted by Crippen LogP contribution is -2.53. The van der Waals surface area contributed by atoms with E-state index in [0.29, 0.717) is 26.2 Å². The SMILES string of the molecule is CC(C)(C)C(=O)N1CCN(C(=O)Cn2ccccc2=O)CC1. The lowest BCUT2D eigenvalue weighted by Gasteiger charge is -2.37. The van der Waals surface area contributed by atoms with E-state index in [1.54, 1.807) is 28.1 Å². The summed E-state index contributed by atoms with van der Waals surface area (Å²) in [7, 11) is 0. The zero-order chi connectivity index (χ0) is 16.3. The molecule has 0 unspecified atom stereocenters. The van der Waals surface area contributed by atoms with Crippen molar-refractivity contribution in [2.75, 3.05) is 26.2 Å². The summed E-state index contributed by atoms with van der Waals surface area (Å²) in [5, 5.41) is 0. The molecule has 1 aromatic heterocycles. The molecule has 1 aliphatic heterocycles. The normalized spacial score (nSPS) is 15.8. The molecule has 2 rings (SSSR count). The molecule has 0 atom stereocenters. The lowest BCUT2D eigenvalue weighted by molar-refractivity contribution is -0.145. The molecule has 2 amide bonds. The van der Waals surface area contributed by atoms with Gasteiger partial charge in [0.2, 0.25) is 11.8 Å². The summed E-state index contributed by atoms with van der Waals surface area (Å²) in [6.45, 7) is 7.87. The molecule has 120 valence electrons. The Morgan fingerprint density at radius 3 is 2.18 bits per heavy atom. The minimum atomic E-state index is -0.399. The monoisotopic (exact) mass is 305 g/mol. The second-order valence-electron chi connectivity index (χ2n) is 6.59. The van der Waals surface area contributed by atoms with E-state index in [-0.39, 0.29) is 23.9 Å². The minimum absolute atomic E-state index is 0.0485. The number of amides is 2. The summed E-state index contributed by atoms with van der Waals surface area (Å²) < 4.78 is 1.40. The van der Waals surface area contributed by atoms with E-state index in [1.807, 2.05) is 20.8 Å². The fraction of sp³-hybridized carbons (Fsp3) is 0.562. The first kappa shape index (κ1) is 16.3. The van der Waals surface area contributed by atoms with Gasteiger partial charge >= 0.3 is 0 Å². The second-order valence-corrected chi connectivity index (χ2v) is 6.59. The predicted octanol–water partition coefficient (Wildman–Crippen LogP) is 0.565. The van der Waals surface area contributed by atoms with Crippen LogP contribution in [-0.2, 0) is 16.1 Å². The Bertz CT molecular complexity index is 608. The fourth-order valence-corrected chi connectivity index (χ4v) is 2.47. The quantitative estimate of drug-likeness (QED) is 0.802. The molecule has 1 aliphatic rings. The molecule has 0 saturated carbocycles. The number of carbonyl (C=O) groups is 2. The Morgan fingerprint density at radius 1 is 1.05 bits per heavy atom. The smallest absolute Gasteiger partial charge is 0.250 e. The van der Waals surface area contributed by atoms with Crippen molar-refractivity contribution in [1.29, 1.82) is 0 Å². The Balaban J connectivity index is 1.92. The van der Waals surface area contributed by atoms with Crippen LogP contribution in [0.3, 0.4) is 0 Å². The van der Waals surface area contributed by atoms with Gasteiger partial charge in [-0.15, -0.1) is 0 Å². The lowest BCUT2D eigenvalue weighted by atomic mass is 9.94. The van der Waals surface area contributed by atoms with E-state index in [2.05, 4.69) is 0 Å². The Hall–Kier alpha value is -2.11. The van der Waals surface area contributed by atoms with Gasteiger partial charge in [0.15, 0.2) is 0 Å². The van der Waals surface area contributed by atoms with Crippen LogP contribution in [0.25, 0.3) is 0 Å².